The highest BCUT2D eigenvalue weighted by Crippen LogP contribution is 2.16. The van der Waals surface area contributed by atoms with Gasteiger partial charge in [0.2, 0.25) is 0 Å². The van der Waals surface area contributed by atoms with E-state index in [0.29, 0.717) is 11.7 Å². The number of nitrogens with one attached hydrogen (secondary N) is 1. The van der Waals surface area contributed by atoms with E-state index in [1.54, 1.807) is 6.07 Å². The van der Waals surface area contributed by atoms with Crippen molar-refractivity contribution < 1.29 is 14.6 Å². The van der Waals surface area contributed by atoms with E-state index in [2.05, 4.69) is 15.5 Å². The van der Waals surface area contributed by atoms with Crippen LogP contribution in [0.3, 0.4) is 0 Å². The predicted molar refractivity (Wildman–Crippen MR) is 65.6 cm³/mol. The first-order chi connectivity index (χ1) is 8.75. The van der Waals surface area contributed by atoms with Crippen molar-refractivity contribution in [3.63, 3.8) is 0 Å². The molecule has 2 heterocycles. The summed E-state index contributed by atoms with van der Waals surface area (Å²) < 4.78 is 5.41. The lowest BCUT2D eigenvalue weighted by molar-refractivity contribution is 0.0530. The molecule has 0 amide bonds. The molecule has 1 atom stereocenters. The molecule has 18 heavy (non-hydrogen) atoms. The van der Waals surface area contributed by atoms with Gasteiger partial charge in [0.25, 0.3) is 0 Å². The van der Waals surface area contributed by atoms with Gasteiger partial charge in [-0.15, -0.1) is 10.2 Å². The Bertz CT molecular complexity index is 388. The second kappa shape index (κ2) is 6.30. The summed E-state index contributed by atoms with van der Waals surface area (Å²) in [6.07, 6.45) is 3.38. The molecule has 1 aromatic rings. The average Bonchev–Trinajstić information content (AvgIpc) is 2.40. The quantitative estimate of drug-likeness (QED) is 0.823. The van der Waals surface area contributed by atoms with E-state index in [1.807, 2.05) is 0 Å². The standard InChI is InChI=1S/C12H17N3O3/c16-12(17)10-3-4-11(15-14-10)13-6-5-9-2-1-7-18-8-9/h3-4,9H,1-2,5-8H2,(H,13,15)(H,16,17)/t9-/m0/s1. The number of anilines is 1. The van der Waals surface area contributed by atoms with E-state index < -0.39 is 5.97 Å². The van der Waals surface area contributed by atoms with Gasteiger partial charge in [-0.25, -0.2) is 4.79 Å². The van der Waals surface area contributed by atoms with Gasteiger partial charge in [-0.2, -0.15) is 0 Å². The summed E-state index contributed by atoms with van der Waals surface area (Å²) >= 11 is 0. The first-order valence-corrected chi connectivity index (χ1v) is 6.14. The predicted octanol–water partition coefficient (Wildman–Crippen LogP) is 1.40. The van der Waals surface area contributed by atoms with Crippen molar-refractivity contribution in [3.8, 4) is 0 Å². The Morgan fingerprint density at radius 2 is 2.39 bits per heavy atom. The molecule has 1 aliphatic rings. The van der Waals surface area contributed by atoms with Gasteiger partial charge < -0.3 is 15.2 Å². The van der Waals surface area contributed by atoms with Crippen LogP contribution in [0.25, 0.3) is 0 Å². The van der Waals surface area contributed by atoms with E-state index in [0.717, 1.165) is 32.6 Å². The molecule has 0 bridgehead atoms. The first kappa shape index (κ1) is 12.8. The first-order valence-electron chi connectivity index (χ1n) is 6.14. The number of rotatable bonds is 5. The Labute approximate surface area is 105 Å². The summed E-state index contributed by atoms with van der Waals surface area (Å²) in [7, 11) is 0. The molecule has 1 aromatic heterocycles. The van der Waals surface area contributed by atoms with Crippen LogP contribution in [0.5, 0.6) is 0 Å². The molecular formula is C12H17N3O3. The zero-order chi connectivity index (χ0) is 12.8. The number of hydrogen-bond acceptors (Lipinski definition) is 5. The van der Waals surface area contributed by atoms with Crippen molar-refractivity contribution >= 4 is 11.8 Å². The van der Waals surface area contributed by atoms with Crippen molar-refractivity contribution in [3.05, 3.63) is 17.8 Å². The minimum atomic E-state index is -1.06. The minimum absolute atomic E-state index is 0.0405. The zero-order valence-corrected chi connectivity index (χ0v) is 10.1. The number of carboxylic acids is 1. The number of carbonyl (C=O) groups is 1. The highest BCUT2D eigenvalue weighted by Gasteiger charge is 2.13. The van der Waals surface area contributed by atoms with Gasteiger partial charge in [0.1, 0.15) is 5.82 Å². The molecule has 0 aromatic carbocycles. The fourth-order valence-electron chi connectivity index (χ4n) is 1.98. The third kappa shape index (κ3) is 3.66. The van der Waals surface area contributed by atoms with E-state index in [-0.39, 0.29) is 5.69 Å². The molecule has 98 valence electrons. The number of carboxylic acid groups (broad SMARTS) is 1. The molecule has 6 nitrogen and oxygen atoms in total. The summed E-state index contributed by atoms with van der Waals surface area (Å²) in [5.41, 5.74) is -0.0405. The summed E-state index contributed by atoms with van der Waals surface area (Å²) in [5.74, 6) is 0.155. The maximum atomic E-state index is 10.6. The van der Waals surface area contributed by atoms with Gasteiger partial charge >= 0.3 is 5.97 Å². The zero-order valence-electron chi connectivity index (χ0n) is 10.1. The second-order valence-electron chi connectivity index (χ2n) is 4.41. The largest absolute Gasteiger partial charge is 0.476 e. The van der Waals surface area contributed by atoms with E-state index in [9.17, 15) is 4.79 Å². The molecular weight excluding hydrogens is 234 g/mol. The molecule has 2 rings (SSSR count). The van der Waals surface area contributed by atoms with Crippen LogP contribution in [-0.4, -0.2) is 41.0 Å². The van der Waals surface area contributed by atoms with Crippen LogP contribution in [0.15, 0.2) is 12.1 Å². The van der Waals surface area contributed by atoms with Crippen LogP contribution in [-0.2, 0) is 4.74 Å². The van der Waals surface area contributed by atoms with Gasteiger partial charge in [0.05, 0.1) is 0 Å². The van der Waals surface area contributed by atoms with Crippen LogP contribution in [0.2, 0.25) is 0 Å². The highest BCUT2D eigenvalue weighted by molar-refractivity contribution is 5.85. The summed E-state index contributed by atoms with van der Waals surface area (Å²) in [5, 5.41) is 19.2. The molecule has 1 aliphatic heterocycles. The van der Waals surface area contributed by atoms with E-state index >= 15 is 0 Å². The molecule has 0 radical (unpaired) electrons. The van der Waals surface area contributed by atoms with Gasteiger partial charge in [0, 0.05) is 19.8 Å². The van der Waals surface area contributed by atoms with Gasteiger partial charge in [0.15, 0.2) is 5.69 Å². The van der Waals surface area contributed by atoms with Crippen molar-refractivity contribution in [2.45, 2.75) is 19.3 Å². The van der Waals surface area contributed by atoms with Crippen molar-refractivity contribution in [1.82, 2.24) is 10.2 Å². The van der Waals surface area contributed by atoms with Crippen molar-refractivity contribution in [2.24, 2.45) is 5.92 Å². The topological polar surface area (TPSA) is 84.3 Å². The third-order valence-electron chi connectivity index (χ3n) is 3.00. The molecule has 0 spiro atoms. The molecule has 2 N–H and O–H groups in total. The van der Waals surface area contributed by atoms with Crippen LogP contribution in [0.4, 0.5) is 5.82 Å². The van der Waals surface area contributed by atoms with Gasteiger partial charge in [-0.1, -0.05) is 0 Å². The van der Waals surface area contributed by atoms with E-state index in [1.165, 1.54) is 12.5 Å². The minimum Gasteiger partial charge on any atom is -0.476 e. The average molecular weight is 251 g/mol. The Morgan fingerprint density at radius 3 is 3.00 bits per heavy atom. The van der Waals surface area contributed by atoms with Crippen LogP contribution in [0, 0.1) is 5.92 Å². The maximum Gasteiger partial charge on any atom is 0.356 e. The number of ether oxygens (including phenoxy) is 1. The molecule has 0 unspecified atom stereocenters. The number of aromatic carboxylic acids is 1. The smallest absolute Gasteiger partial charge is 0.356 e. The van der Waals surface area contributed by atoms with Gasteiger partial charge in [-0.05, 0) is 37.3 Å². The SMILES string of the molecule is O=C(O)c1ccc(NCC[C@@H]2CCCOC2)nn1. The third-order valence-corrected chi connectivity index (χ3v) is 3.00. The molecule has 1 fully saturated rings. The van der Waals surface area contributed by atoms with Crippen LogP contribution < -0.4 is 5.32 Å². The Balaban J connectivity index is 1.74. The number of nitrogens with zero attached hydrogens (tertiary/aromatic N) is 2. The number of aromatic nitrogens is 2. The lowest BCUT2D eigenvalue weighted by Crippen LogP contribution is -2.20. The fraction of sp³-hybridized carbons (Fsp3) is 0.583. The second-order valence-corrected chi connectivity index (χ2v) is 4.41. The summed E-state index contributed by atoms with van der Waals surface area (Å²) in [6, 6.07) is 3.08. The molecule has 0 saturated carbocycles. The Hall–Kier alpha value is -1.69. The lowest BCUT2D eigenvalue weighted by atomic mass is 9.99. The number of hydrogen-bond donors (Lipinski definition) is 2. The van der Waals surface area contributed by atoms with Gasteiger partial charge in [-0.3, -0.25) is 0 Å². The molecule has 1 saturated heterocycles. The normalized spacial score (nSPS) is 19.4. The summed E-state index contributed by atoms with van der Waals surface area (Å²) in [4.78, 5) is 10.6. The molecule has 0 aliphatic carbocycles. The highest BCUT2D eigenvalue weighted by atomic mass is 16.5. The Kier molecular flexibility index (Phi) is 4.46. The van der Waals surface area contributed by atoms with Crippen molar-refractivity contribution in [1.29, 1.82) is 0 Å². The van der Waals surface area contributed by atoms with E-state index in [4.69, 9.17) is 9.84 Å². The van der Waals surface area contributed by atoms with Crippen LogP contribution >= 0.6 is 0 Å². The lowest BCUT2D eigenvalue weighted by Gasteiger charge is -2.21. The monoisotopic (exact) mass is 251 g/mol. The maximum absolute atomic E-state index is 10.6. The molecule has 6 heteroatoms. The fourth-order valence-corrected chi connectivity index (χ4v) is 1.98. The summed E-state index contributed by atoms with van der Waals surface area (Å²) in [6.45, 7) is 2.52. The van der Waals surface area contributed by atoms with Crippen molar-refractivity contribution in [2.75, 3.05) is 25.1 Å². The van der Waals surface area contributed by atoms with Crippen LogP contribution in [0.1, 0.15) is 29.8 Å². The Morgan fingerprint density at radius 1 is 1.50 bits per heavy atom.